The molecule has 0 radical (unpaired) electrons. The molecular formula is C16H15ClN2O. The van der Waals surface area contributed by atoms with E-state index in [1.165, 1.54) is 5.56 Å². The lowest BCUT2D eigenvalue weighted by atomic mass is 10.1. The molecule has 0 atom stereocenters. The number of aryl methyl sites for hydroxylation is 1. The highest BCUT2D eigenvalue weighted by Crippen LogP contribution is 2.26. The van der Waals surface area contributed by atoms with Gasteiger partial charge in [-0.15, -0.1) is 0 Å². The Kier molecular flexibility index (Phi) is 3.47. The molecule has 102 valence electrons. The third kappa shape index (κ3) is 2.19. The van der Waals surface area contributed by atoms with Gasteiger partial charge >= 0.3 is 0 Å². The lowest BCUT2D eigenvalue weighted by Crippen LogP contribution is -1.94. The minimum Gasteiger partial charge on any atom is -0.390 e. The second-order valence-electron chi connectivity index (χ2n) is 4.69. The van der Waals surface area contributed by atoms with E-state index in [1.807, 2.05) is 22.7 Å². The summed E-state index contributed by atoms with van der Waals surface area (Å²) in [5.74, 6) is 0. The lowest BCUT2D eigenvalue weighted by molar-refractivity contribution is 0.276. The van der Waals surface area contributed by atoms with Gasteiger partial charge in [0, 0.05) is 22.8 Å². The van der Waals surface area contributed by atoms with Crippen LogP contribution in [0, 0.1) is 0 Å². The molecule has 0 aliphatic heterocycles. The molecular weight excluding hydrogens is 272 g/mol. The molecule has 4 heteroatoms. The number of pyridine rings is 1. The SMILES string of the molecule is CCc1ccc(-c2nc3cc(Cl)ccn3c2CO)cc1. The second kappa shape index (κ2) is 5.27. The monoisotopic (exact) mass is 286 g/mol. The van der Waals surface area contributed by atoms with Crippen LogP contribution in [0.4, 0.5) is 0 Å². The quantitative estimate of drug-likeness (QED) is 0.797. The Balaban J connectivity index is 2.18. The Morgan fingerprint density at radius 3 is 2.60 bits per heavy atom. The first-order valence-corrected chi connectivity index (χ1v) is 6.97. The third-order valence-corrected chi connectivity index (χ3v) is 3.71. The predicted octanol–water partition coefficient (Wildman–Crippen LogP) is 3.71. The van der Waals surface area contributed by atoms with E-state index in [4.69, 9.17) is 11.6 Å². The van der Waals surface area contributed by atoms with Crippen molar-refractivity contribution in [2.24, 2.45) is 0 Å². The van der Waals surface area contributed by atoms with E-state index in [1.54, 1.807) is 12.1 Å². The van der Waals surface area contributed by atoms with Crippen molar-refractivity contribution in [2.45, 2.75) is 20.0 Å². The van der Waals surface area contributed by atoms with Crippen molar-refractivity contribution < 1.29 is 5.11 Å². The predicted molar refractivity (Wildman–Crippen MR) is 80.9 cm³/mol. The maximum Gasteiger partial charge on any atom is 0.139 e. The maximum absolute atomic E-state index is 9.64. The van der Waals surface area contributed by atoms with Gasteiger partial charge in [-0.25, -0.2) is 4.98 Å². The molecule has 0 saturated heterocycles. The van der Waals surface area contributed by atoms with Crippen LogP contribution < -0.4 is 0 Å². The van der Waals surface area contributed by atoms with Crippen molar-refractivity contribution in [1.29, 1.82) is 0 Å². The van der Waals surface area contributed by atoms with Crippen LogP contribution >= 0.6 is 11.6 Å². The summed E-state index contributed by atoms with van der Waals surface area (Å²) < 4.78 is 1.87. The Morgan fingerprint density at radius 2 is 1.95 bits per heavy atom. The van der Waals surface area contributed by atoms with Crippen LogP contribution in [-0.4, -0.2) is 14.5 Å². The van der Waals surface area contributed by atoms with E-state index < -0.39 is 0 Å². The molecule has 3 rings (SSSR count). The van der Waals surface area contributed by atoms with Gasteiger partial charge in [0.1, 0.15) is 5.65 Å². The van der Waals surface area contributed by atoms with Crippen molar-refractivity contribution in [2.75, 3.05) is 0 Å². The first-order valence-electron chi connectivity index (χ1n) is 6.59. The van der Waals surface area contributed by atoms with Crippen LogP contribution in [0.1, 0.15) is 18.2 Å². The fraction of sp³-hybridized carbons (Fsp3) is 0.188. The van der Waals surface area contributed by atoms with Gasteiger partial charge in [0.15, 0.2) is 0 Å². The van der Waals surface area contributed by atoms with Gasteiger partial charge in [-0.3, -0.25) is 0 Å². The minimum atomic E-state index is -0.0618. The average Bonchev–Trinajstić information content (AvgIpc) is 2.84. The fourth-order valence-electron chi connectivity index (χ4n) is 2.35. The zero-order chi connectivity index (χ0) is 14.1. The molecule has 1 aromatic carbocycles. The molecule has 0 aliphatic rings. The highest BCUT2D eigenvalue weighted by Gasteiger charge is 2.13. The van der Waals surface area contributed by atoms with E-state index in [2.05, 4.69) is 24.0 Å². The lowest BCUT2D eigenvalue weighted by Gasteiger charge is -2.03. The van der Waals surface area contributed by atoms with E-state index >= 15 is 0 Å². The van der Waals surface area contributed by atoms with E-state index in [0.717, 1.165) is 29.0 Å². The average molecular weight is 287 g/mol. The normalized spacial score (nSPS) is 11.2. The largest absolute Gasteiger partial charge is 0.390 e. The van der Waals surface area contributed by atoms with Crippen LogP contribution in [0.2, 0.25) is 5.02 Å². The number of rotatable bonds is 3. The molecule has 2 heterocycles. The van der Waals surface area contributed by atoms with Gasteiger partial charge in [0.05, 0.1) is 18.0 Å². The summed E-state index contributed by atoms with van der Waals surface area (Å²) in [6.07, 6.45) is 2.84. The smallest absolute Gasteiger partial charge is 0.139 e. The van der Waals surface area contributed by atoms with Crippen molar-refractivity contribution in [1.82, 2.24) is 9.38 Å². The topological polar surface area (TPSA) is 37.5 Å². The summed E-state index contributed by atoms with van der Waals surface area (Å²) in [6, 6.07) is 11.9. The second-order valence-corrected chi connectivity index (χ2v) is 5.13. The molecule has 0 saturated carbocycles. The summed E-state index contributed by atoms with van der Waals surface area (Å²) in [5.41, 5.74) is 4.62. The summed E-state index contributed by atoms with van der Waals surface area (Å²) >= 11 is 5.99. The zero-order valence-electron chi connectivity index (χ0n) is 11.2. The first kappa shape index (κ1) is 13.2. The number of hydrogen-bond acceptors (Lipinski definition) is 2. The number of halogens is 1. The summed E-state index contributed by atoms with van der Waals surface area (Å²) in [4.78, 5) is 4.59. The first-order chi connectivity index (χ1) is 9.72. The number of fused-ring (bicyclic) bond motifs is 1. The molecule has 0 unspecified atom stereocenters. The van der Waals surface area contributed by atoms with E-state index in [0.29, 0.717) is 5.02 Å². The molecule has 1 N–H and O–H groups in total. The highest BCUT2D eigenvalue weighted by molar-refractivity contribution is 6.30. The Hall–Kier alpha value is -1.84. The van der Waals surface area contributed by atoms with Gasteiger partial charge in [-0.1, -0.05) is 42.8 Å². The zero-order valence-corrected chi connectivity index (χ0v) is 11.9. The van der Waals surface area contributed by atoms with Gasteiger partial charge in [-0.05, 0) is 18.1 Å². The molecule has 0 fully saturated rings. The number of aromatic nitrogens is 2. The molecule has 2 aromatic heterocycles. The molecule has 0 spiro atoms. The molecule has 3 nitrogen and oxygen atoms in total. The summed E-state index contributed by atoms with van der Waals surface area (Å²) in [6.45, 7) is 2.06. The highest BCUT2D eigenvalue weighted by atomic mass is 35.5. The van der Waals surface area contributed by atoms with E-state index in [9.17, 15) is 5.11 Å². The number of aliphatic hydroxyl groups excluding tert-OH is 1. The van der Waals surface area contributed by atoms with Gasteiger partial charge in [-0.2, -0.15) is 0 Å². The van der Waals surface area contributed by atoms with Crippen LogP contribution in [-0.2, 0) is 13.0 Å². The third-order valence-electron chi connectivity index (χ3n) is 3.47. The van der Waals surface area contributed by atoms with Gasteiger partial charge in [0.25, 0.3) is 0 Å². The molecule has 0 bridgehead atoms. The van der Waals surface area contributed by atoms with Crippen molar-refractivity contribution in [3.63, 3.8) is 0 Å². The van der Waals surface area contributed by atoms with Crippen LogP contribution in [0.5, 0.6) is 0 Å². The number of aliphatic hydroxyl groups is 1. The molecule has 0 amide bonds. The standard InChI is InChI=1S/C16H15ClN2O/c1-2-11-3-5-12(6-4-11)16-14(10-20)19-8-7-13(17)9-15(19)18-16/h3-9,20H,2,10H2,1H3. The minimum absolute atomic E-state index is 0.0618. The van der Waals surface area contributed by atoms with Crippen LogP contribution in [0.15, 0.2) is 42.6 Å². The summed E-state index contributed by atoms with van der Waals surface area (Å²) in [5, 5.41) is 10.3. The van der Waals surface area contributed by atoms with Crippen molar-refractivity contribution in [3.05, 3.63) is 58.9 Å². The Bertz CT molecular complexity index is 747. The van der Waals surface area contributed by atoms with Crippen molar-refractivity contribution >= 4 is 17.2 Å². The Labute approximate surface area is 122 Å². The number of nitrogens with zero attached hydrogens (tertiary/aromatic N) is 2. The van der Waals surface area contributed by atoms with Crippen LogP contribution in [0.3, 0.4) is 0 Å². The Morgan fingerprint density at radius 1 is 1.20 bits per heavy atom. The van der Waals surface area contributed by atoms with Gasteiger partial charge < -0.3 is 9.51 Å². The molecule has 3 aromatic rings. The van der Waals surface area contributed by atoms with Crippen LogP contribution in [0.25, 0.3) is 16.9 Å². The van der Waals surface area contributed by atoms with E-state index in [-0.39, 0.29) is 6.61 Å². The van der Waals surface area contributed by atoms with Crippen molar-refractivity contribution in [3.8, 4) is 11.3 Å². The molecule has 20 heavy (non-hydrogen) atoms. The molecule has 0 aliphatic carbocycles. The number of hydrogen-bond donors (Lipinski definition) is 1. The summed E-state index contributed by atoms with van der Waals surface area (Å²) in [7, 11) is 0. The fourth-order valence-corrected chi connectivity index (χ4v) is 2.51. The number of benzene rings is 1. The maximum atomic E-state index is 9.64. The van der Waals surface area contributed by atoms with Gasteiger partial charge in [0.2, 0.25) is 0 Å². The number of imidazole rings is 1.